The van der Waals surface area contributed by atoms with Crippen LogP contribution in [-0.2, 0) is 6.42 Å². The number of carbonyl (C=O) groups is 1. The molecule has 0 aliphatic rings. The van der Waals surface area contributed by atoms with Crippen molar-refractivity contribution in [2.45, 2.75) is 13.3 Å². The third-order valence-electron chi connectivity index (χ3n) is 2.19. The minimum Gasteiger partial charge on any atom is -0.477 e. The number of hydrogen-bond acceptors (Lipinski definition) is 7. The summed E-state index contributed by atoms with van der Waals surface area (Å²) in [6.07, 6.45) is 3.03. The number of anilines is 1. The van der Waals surface area contributed by atoms with E-state index in [1.165, 1.54) is 12.6 Å². The van der Waals surface area contributed by atoms with Crippen molar-refractivity contribution in [1.82, 2.24) is 20.1 Å². The molecule has 2 heterocycles. The Morgan fingerprint density at radius 3 is 3.00 bits per heavy atom. The lowest BCUT2D eigenvalue weighted by Crippen LogP contribution is -2.13. The minimum absolute atomic E-state index is 0.0358. The van der Waals surface area contributed by atoms with E-state index in [0.29, 0.717) is 30.4 Å². The molecule has 0 bridgehead atoms. The molecule has 0 fully saturated rings. The molecule has 0 aromatic carbocycles. The molecule has 0 aliphatic carbocycles. The molecule has 0 radical (unpaired) electrons. The number of aromatic nitrogens is 4. The summed E-state index contributed by atoms with van der Waals surface area (Å²) < 4.78 is 4.59. The Balaban J connectivity index is 2.03. The van der Waals surface area contributed by atoms with Crippen molar-refractivity contribution >= 4 is 11.8 Å². The SMILES string of the molecule is Cc1ncc(C(=O)O)c(NCCc2ncon2)n1. The van der Waals surface area contributed by atoms with Gasteiger partial charge in [0.1, 0.15) is 17.2 Å². The highest BCUT2D eigenvalue weighted by molar-refractivity contribution is 5.92. The van der Waals surface area contributed by atoms with Gasteiger partial charge >= 0.3 is 5.97 Å². The van der Waals surface area contributed by atoms with E-state index in [-0.39, 0.29) is 5.56 Å². The zero-order valence-electron chi connectivity index (χ0n) is 9.62. The summed E-state index contributed by atoms with van der Waals surface area (Å²) in [7, 11) is 0. The molecule has 94 valence electrons. The van der Waals surface area contributed by atoms with Crippen molar-refractivity contribution < 1.29 is 14.4 Å². The van der Waals surface area contributed by atoms with Gasteiger partial charge in [0.25, 0.3) is 0 Å². The van der Waals surface area contributed by atoms with Crippen LogP contribution in [0.3, 0.4) is 0 Å². The van der Waals surface area contributed by atoms with Crippen LogP contribution in [-0.4, -0.2) is 37.7 Å². The Morgan fingerprint density at radius 1 is 1.50 bits per heavy atom. The number of hydrogen-bond donors (Lipinski definition) is 2. The van der Waals surface area contributed by atoms with Gasteiger partial charge in [0, 0.05) is 19.2 Å². The molecule has 0 saturated carbocycles. The van der Waals surface area contributed by atoms with Gasteiger partial charge in [0.05, 0.1) is 0 Å². The van der Waals surface area contributed by atoms with Crippen molar-refractivity contribution in [3.8, 4) is 0 Å². The number of nitrogens with zero attached hydrogens (tertiary/aromatic N) is 4. The molecular weight excluding hydrogens is 238 g/mol. The first-order valence-electron chi connectivity index (χ1n) is 5.23. The maximum absolute atomic E-state index is 11.0. The maximum Gasteiger partial charge on any atom is 0.341 e. The van der Waals surface area contributed by atoms with Crippen LogP contribution in [0.4, 0.5) is 5.82 Å². The monoisotopic (exact) mass is 249 g/mol. The van der Waals surface area contributed by atoms with Crippen LogP contribution in [0.1, 0.15) is 22.0 Å². The average Bonchev–Trinajstić information content (AvgIpc) is 2.82. The Morgan fingerprint density at radius 2 is 2.33 bits per heavy atom. The number of aromatic carboxylic acids is 1. The highest BCUT2D eigenvalue weighted by Crippen LogP contribution is 2.11. The molecule has 0 unspecified atom stereocenters. The van der Waals surface area contributed by atoms with Gasteiger partial charge in [-0.05, 0) is 6.92 Å². The fourth-order valence-corrected chi connectivity index (χ4v) is 1.36. The third kappa shape index (κ3) is 2.78. The fraction of sp³-hybridized carbons (Fsp3) is 0.300. The number of nitrogens with one attached hydrogen (secondary N) is 1. The van der Waals surface area contributed by atoms with E-state index < -0.39 is 5.97 Å². The number of aryl methyl sites for hydroxylation is 1. The summed E-state index contributed by atoms with van der Waals surface area (Å²) in [5.74, 6) is 0.266. The Kier molecular flexibility index (Phi) is 3.46. The fourth-order valence-electron chi connectivity index (χ4n) is 1.36. The Hall–Kier alpha value is -2.51. The van der Waals surface area contributed by atoms with Gasteiger partial charge in [0.2, 0.25) is 6.39 Å². The Bertz CT molecular complexity index is 540. The summed E-state index contributed by atoms with van der Waals surface area (Å²) in [5, 5.41) is 15.5. The highest BCUT2D eigenvalue weighted by Gasteiger charge is 2.12. The predicted octanol–water partition coefficient (Wildman–Crippen LogP) is 0.521. The lowest BCUT2D eigenvalue weighted by Gasteiger charge is -2.07. The first-order valence-corrected chi connectivity index (χ1v) is 5.23. The predicted molar refractivity (Wildman–Crippen MR) is 60.2 cm³/mol. The van der Waals surface area contributed by atoms with E-state index in [4.69, 9.17) is 5.11 Å². The molecule has 0 spiro atoms. The third-order valence-corrected chi connectivity index (χ3v) is 2.19. The zero-order valence-corrected chi connectivity index (χ0v) is 9.62. The number of carboxylic acid groups (broad SMARTS) is 1. The van der Waals surface area contributed by atoms with E-state index in [9.17, 15) is 4.79 Å². The van der Waals surface area contributed by atoms with E-state index in [1.54, 1.807) is 6.92 Å². The molecule has 8 heteroatoms. The minimum atomic E-state index is -1.07. The highest BCUT2D eigenvalue weighted by atomic mass is 16.5. The zero-order chi connectivity index (χ0) is 13.0. The molecule has 2 N–H and O–H groups in total. The second-order valence-corrected chi connectivity index (χ2v) is 3.51. The van der Waals surface area contributed by atoms with Gasteiger partial charge in [-0.25, -0.2) is 14.8 Å². The summed E-state index contributed by atoms with van der Waals surface area (Å²) in [5.41, 5.74) is 0.0358. The molecule has 0 amide bonds. The molecule has 8 nitrogen and oxygen atoms in total. The smallest absolute Gasteiger partial charge is 0.341 e. The lowest BCUT2D eigenvalue weighted by molar-refractivity contribution is 0.0697. The van der Waals surface area contributed by atoms with Crippen LogP contribution >= 0.6 is 0 Å². The summed E-state index contributed by atoms with van der Waals surface area (Å²) in [6, 6.07) is 0. The Labute approximate surface area is 102 Å². The molecule has 2 aromatic heterocycles. The summed E-state index contributed by atoms with van der Waals surface area (Å²) in [6.45, 7) is 2.15. The van der Waals surface area contributed by atoms with Crippen molar-refractivity contribution in [2.75, 3.05) is 11.9 Å². The van der Waals surface area contributed by atoms with E-state index in [0.717, 1.165) is 0 Å². The maximum atomic E-state index is 11.0. The average molecular weight is 249 g/mol. The van der Waals surface area contributed by atoms with Crippen molar-refractivity contribution in [2.24, 2.45) is 0 Å². The van der Waals surface area contributed by atoms with Gasteiger partial charge in [-0.15, -0.1) is 0 Å². The van der Waals surface area contributed by atoms with Crippen LogP contribution in [0.5, 0.6) is 0 Å². The molecule has 0 saturated heterocycles. The van der Waals surface area contributed by atoms with E-state index >= 15 is 0 Å². The molecule has 0 atom stereocenters. The normalized spacial score (nSPS) is 10.3. The quantitative estimate of drug-likeness (QED) is 0.788. The van der Waals surface area contributed by atoms with Gasteiger partial charge < -0.3 is 14.9 Å². The second-order valence-electron chi connectivity index (χ2n) is 3.51. The number of rotatable bonds is 5. The first-order chi connectivity index (χ1) is 8.66. The van der Waals surface area contributed by atoms with Gasteiger partial charge in [-0.3, -0.25) is 0 Å². The lowest BCUT2D eigenvalue weighted by atomic mass is 10.3. The standard InChI is InChI=1S/C10H11N5O3/c1-6-12-4-7(10(16)17)9(14-6)11-3-2-8-13-5-18-15-8/h4-5H,2-3H2,1H3,(H,16,17)(H,11,12,14). The topological polar surface area (TPSA) is 114 Å². The molecule has 2 rings (SSSR count). The summed E-state index contributed by atoms with van der Waals surface area (Å²) in [4.78, 5) is 22.7. The molecular formula is C10H11N5O3. The molecule has 0 aliphatic heterocycles. The number of carboxylic acids is 1. The summed E-state index contributed by atoms with van der Waals surface area (Å²) >= 11 is 0. The van der Waals surface area contributed by atoms with Crippen LogP contribution in [0, 0.1) is 6.92 Å². The van der Waals surface area contributed by atoms with Crippen LogP contribution < -0.4 is 5.32 Å². The van der Waals surface area contributed by atoms with E-state index in [1.807, 2.05) is 0 Å². The van der Waals surface area contributed by atoms with Crippen molar-refractivity contribution in [1.29, 1.82) is 0 Å². The van der Waals surface area contributed by atoms with Gasteiger partial charge in [-0.1, -0.05) is 5.16 Å². The largest absolute Gasteiger partial charge is 0.477 e. The van der Waals surface area contributed by atoms with Crippen molar-refractivity contribution in [3.63, 3.8) is 0 Å². The van der Waals surface area contributed by atoms with Crippen LogP contribution in [0.2, 0.25) is 0 Å². The molecule has 2 aromatic rings. The van der Waals surface area contributed by atoms with Gasteiger partial charge in [0.15, 0.2) is 5.82 Å². The van der Waals surface area contributed by atoms with Gasteiger partial charge in [-0.2, -0.15) is 4.98 Å². The van der Waals surface area contributed by atoms with Crippen molar-refractivity contribution in [3.05, 3.63) is 29.8 Å². The second kappa shape index (κ2) is 5.21. The first kappa shape index (κ1) is 12.0. The molecule has 18 heavy (non-hydrogen) atoms. The van der Waals surface area contributed by atoms with E-state index in [2.05, 4.69) is 29.9 Å². The van der Waals surface area contributed by atoms with Crippen LogP contribution in [0.15, 0.2) is 17.1 Å². The van der Waals surface area contributed by atoms with Crippen LogP contribution in [0.25, 0.3) is 0 Å².